The summed E-state index contributed by atoms with van der Waals surface area (Å²) in [6, 6.07) is 0. The van der Waals surface area contributed by atoms with E-state index in [0.717, 1.165) is 0 Å². The Labute approximate surface area is 92.0 Å². The molecule has 7 nitrogen and oxygen atoms in total. The molecule has 0 aliphatic heterocycles. The van der Waals surface area contributed by atoms with Crippen molar-refractivity contribution < 1.29 is 34.1 Å². The van der Waals surface area contributed by atoms with Crippen LogP contribution in [0.2, 0.25) is 0 Å². The highest BCUT2D eigenvalue weighted by atomic mass is 16.6. The van der Waals surface area contributed by atoms with Crippen molar-refractivity contribution >= 4 is 17.9 Å². The van der Waals surface area contributed by atoms with Crippen molar-refractivity contribution in [2.24, 2.45) is 0 Å². The van der Waals surface area contributed by atoms with Gasteiger partial charge in [0.05, 0.1) is 0 Å². The Bertz CT molecular complexity index is 284. The van der Waals surface area contributed by atoms with Crippen molar-refractivity contribution in [3.05, 3.63) is 0 Å². The predicted molar refractivity (Wildman–Crippen MR) is 50.4 cm³/mol. The van der Waals surface area contributed by atoms with Crippen molar-refractivity contribution in [1.29, 1.82) is 0 Å². The number of carbonyl (C=O) groups excluding carboxylic acids is 2. The molecule has 0 saturated carbocycles. The average molecular weight is 234 g/mol. The standard InChI is InChI=1S/C9H14O7/c1-4(10)8(13)16-6(3)9(14)15-5(2)7(11)12/h4-6,10H,1-3H3,(H,11,12). The van der Waals surface area contributed by atoms with E-state index in [1.165, 1.54) is 20.8 Å². The summed E-state index contributed by atoms with van der Waals surface area (Å²) in [7, 11) is 0. The van der Waals surface area contributed by atoms with Gasteiger partial charge in [0, 0.05) is 0 Å². The minimum Gasteiger partial charge on any atom is -0.479 e. The van der Waals surface area contributed by atoms with Gasteiger partial charge in [-0.1, -0.05) is 0 Å². The van der Waals surface area contributed by atoms with Gasteiger partial charge in [0.25, 0.3) is 0 Å². The third-order valence-electron chi connectivity index (χ3n) is 1.61. The smallest absolute Gasteiger partial charge is 0.347 e. The molecule has 7 heteroatoms. The predicted octanol–water partition coefficient (Wildman–Crippen LogP) is -0.685. The van der Waals surface area contributed by atoms with Crippen LogP contribution < -0.4 is 0 Å². The minimum atomic E-state index is -1.35. The number of aliphatic carboxylic acids is 1. The van der Waals surface area contributed by atoms with E-state index in [4.69, 9.17) is 10.2 Å². The lowest BCUT2D eigenvalue weighted by Gasteiger charge is -2.15. The number of carboxylic acids is 1. The van der Waals surface area contributed by atoms with Crippen LogP contribution in [-0.2, 0) is 23.9 Å². The highest BCUT2D eigenvalue weighted by Crippen LogP contribution is 2.01. The van der Waals surface area contributed by atoms with Crippen LogP contribution in [0.25, 0.3) is 0 Å². The summed E-state index contributed by atoms with van der Waals surface area (Å²) in [6.45, 7) is 3.57. The Balaban J connectivity index is 4.19. The number of carbonyl (C=O) groups is 3. The topological polar surface area (TPSA) is 110 Å². The van der Waals surface area contributed by atoms with Crippen molar-refractivity contribution in [2.75, 3.05) is 0 Å². The number of aliphatic hydroxyl groups excluding tert-OH is 1. The molecule has 3 unspecified atom stereocenters. The number of aliphatic hydroxyl groups is 1. The lowest BCUT2D eigenvalue weighted by molar-refractivity contribution is -0.177. The summed E-state index contributed by atoms with van der Waals surface area (Å²) < 4.78 is 8.95. The zero-order chi connectivity index (χ0) is 12.9. The van der Waals surface area contributed by atoms with E-state index in [1.54, 1.807) is 0 Å². The van der Waals surface area contributed by atoms with E-state index in [2.05, 4.69) is 9.47 Å². The fourth-order valence-electron chi connectivity index (χ4n) is 0.641. The Hall–Kier alpha value is -1.63. The highest BCUT2D eigenvalue weighted by molar-refractivity contribution is 5.83. The molecular formula is C9H14O7. The molecule has 0 bridgehead atoms. The number of ether oxygens (including phenoxy) is 2. The fourth-order valence-corrected chi connectivity index (χ4v) is 0.641. The summed E-state index contributed by atoms with van der Waals surface area (Å²) >= 11 is 0. The first kappa shape index (κ1) is 14.4. The molecule has 0 radical (unpaired) electrons. The third-order valence-corrected chi connectivity index (χ3v) is 1.61. The maximum absolute atomic E-state index is 11.2. The zero-order valence-electron chi connectivity index (χ0n) is 9.17. The number of rotatable bonds is 5. The molecule has 0 aromatic carbocycles. The maximum atomic E-state index is 11.2. The quantitative estimate of drug-likeness (QED) is 0.606. The third kappa shape index (κ3) is 4.74. The lowest BCUT2D eigenvalue weighted by Crippen LogP contribution is -2.34. The number of carboxylic acid groups (broad SMARTS) is 1. The summed E-state index contributed by atoms with van der Waals surface area (Å²) in [6.07, 6.45) is -3.93. The molecule has 16 heavy (non-hydrogen) atoms. The minimum absolute atomic E-state index is 0.979. The number of hydrogen-bond donors (Lipinski definition) is 2. The van der Waals surface area contributed by atoms with Crippen molar-refractivity contribution in [1.82, 2.24) is 0 Å². The van der Waals surface area contributed by atoms with Crippen LogP contribution in [0.4, 0.5) is 0 Å². The SMILES string of the molecule is CC(O)C(=O)OC(C)C(=O)OC(C)C(=O)O. The largest absolute Gasteiger partial charge is 0.479 e. The van der Waals surface area contributed by atoms with E-state index < -0.39 is 36.2 Å². The van der Waals surface area contributed by atoms with Gasteiger partial charge in [0.15, 0.2) is 12.2 Å². The molecule has 0 amide bonds. The van der Waals surface area contributed by atoms with E-state index in [0.29, 0.717) is 0 Å². The Morgan fingerprint density at radius 2 is 1.38 bits per heavy atom. The van der Waals surface area contributed by atoms with Gasteiger partial charge in [-0.3, -0.25) is 0 Å². The van der Waals surface area contributed by atoms with Crippen LogP contribution in [0.3, 0.4) is 0 Å². The zero-order valence-corrected chi connectivity index (χ0v) is 9.17. The van der Waals surface area contributed by atoms with Gasteiger partial charge in [-0.15, -0.1) is 0 Å². The first-order valence-corrected chi connectivity index (χ1v) is 4.57. The summed E-state index contributed by atoms with van der Waals surface area (Å²) in [4.78, 5) is 32.4. The van der Waals surface area contributed by atoms with Crippen molar-refractivity contribution in [3.8, 4) is 0 Å². The molecule has 0 aliphatic rings. The second kappa shape index (κ2) is 6.06. The molecule has 0 aromatic heterocycles. The molecule has 0 spiro atoms. The molecule has 3 atom stereocenters. The molecule has 92 valence electrons. The van der Waals surface area contributed by atoms with Crippen LogP contribution in [0.15, 0.2) is 0 Å². The van der Waals surface area contributed by atoms with Crippen LogP contribution in [0.1, 0.15) is 20.8 Å². The molecule has 0 aliphatic carbocycles. The van der Waals surface area contributed by atoms with E-state index in [-0.39, 0.29) is 0 Å². The second-order valence-electron chi connectivity index (χ2n) is 3.17. The molecule has 0 fully saturated rings. The van der Waals surface area contributed by atoms with Gasteiger partial charge in [0.1, 0.15) is 6.10 Å². The van der Waals surface area contributed by atoms with E-state index in [9.17, 15) is 14.4 Å². The van der Waals surface area contributed by atoms with Gasteiger partial charge < -0.3 is 19.7 Å². The summed E-state index contributed by atoms with van der Waals surface area (Å²) in [5, 5.41) is 17.3. The van der Waals surface area contributed by atoms with E-state index >= 15 is 0 Å². The van der Waals surface area contributed by atoms with Gasteiger partial charge >= 0.3 is 17.9 Å². The second-order valence-corrected chi connectivity index (χ2v) is 3.17. The van der Waals surface area contributed by atoms with Gasteiger partial charge in [-0.05, 0) is 20.8 Å². The first-order valence-electron chi connectivity index (χ1n) is 4.57. The van der Waals surface area contributed by atoms with Gasteiger partial charge in [-0.2, -0.15) is 0 Å². The normalized spacial score (nSPS) is 15.8. The lowest BCUT2D eigenvalue weighted by atomic mass is 10.3. The van der Waals surface area contributed by atoms with Crippen molar-refractivity contribution in [3.63, 3.8) is 0 Å². The molecule has 0 heterocycles. The van der Waals surface area contributed by atoms with Crippen LogP contribution in [-0.4, -0.2) is 46.4 Å². The molecule has 2 N–H and O–H groups in total. The monoisotopic (exact) mass is 234 g/mol. The summed E-state index contributed by atoms with van der Waals surface area (Å²) in [5.41, 5.74) is 0. The van der Waals surface area contributed by atoms with Gasteiger partial charge in [-0.25, -0.2) is 14.4 Å². The maximum Gasteiger partial charge on any atom is 0.347 e. The van der Waals surface area contributed by atoms with Crippen LogP contribution >= 0.6 is 0 Å². The molecule has 0 rings (SSSR count). The molecular weight excluding hydrogens is 220 g/mol. The Morgan fingerprint density at radius 1 is 0.938 bits per heavy atom. The average Bonchev–Trinajstić information content (AvgIpc) is 2.16. The summed E-state index contributed by atoms with van der Waals surface area (Å²) in [5.74, 6) is -3.27. The van der Waals surface area contributed by atoms with Crippen molar-refractivity contribution in [2.45, 2.75) is 39.1 Å². The molecule has 0 aromatic rings. The number of esters is 2. The van der Waals surface area contributed by atoms with E-state index in [1.807, 2.05) is 0 Å². The highest BCUT2D eigenvalue weighted by Gasteiger charge is 2.25. The van der Waals surface area contributed by atoms with Gasteiger partial charge in [0.2, 0.25) is 0 Å². The van der Waals surface area contributed by atoms with Crippen LogP contribution in [0, 0.1) is 0 Å². The fraction of sp³-hybridized carbons (Fsp3) is 0.667. The molecule has 0 saturated heterocycles. The first-order chi connectivity index (χ1) is 7.25. The number of hydrogen-bond acceptors (Lipinski definition) is 6. The Kier molecular flexibility index (Phi) is 5.44. The van der Waals surface area contributed by atoms with Crippen LogP contribution in [0.5, 0.6) is 0 Å². The Morgan fingerprint density at radius 3 is 1.75 bits per heavy atom.